The molecule has 1 N–H and O–H groups in total. The number of benzene rings is 1. The zero-order valence-electron chi connectivity index (χ0n) is 9.65. The van der Waals surface area contributed by atoms with Gasteiger partial charge in [-0.15, -0.1) is 0 Å². The molecule has 0 aliphatic heterocycles. The van der Waals surface area contributed by atoms with E-state index in [9.17, 15) is 5.11 Å². The molecule has 1 aromatic heterocycles. The predicted octanol–water partition coefficient (Wildman–Crippen LogP) is 3.98. The third-order valence-electron chi connectivity index (χ3n) is 2.31. The van der Waals surface area contributed by atoms with Gasteiger partial charge in [0.05, 0.1) is 6.61 Å². The third-order valence-corrected chi connectivity index (χ3v) is 2.75. The van der Waals surface area contributed by atoms with E-state index in [0.29, 0.717) is 27.1 Å². The molecule has 2 aromatic rings. The van der Waals surface area contributed by atoms with Crippen LogP contribution in [0.25, 0.3) is 0 Å². The molecule has 0 radical (unpaired) electrons. The maximum atomic E-state index is 9.22. The third kappa shape index (κ3) is 3.13. The predicted molar refractivity (Wildman–Crippen MR) is 71.4 cm³/mol. The van der Waals surface area contributed by atoms with E-state index in [2.05, 4.69) is 4.98 Å². The molecule has 0 unspecified atom stereocenters. The molecular formula is C13H11Cl2NO2. The highest BCUT2D eigenvalue weighted by Gasteiger charge is 2.07. The lowest BCUT2D eigenvalue weighted by Gasteiger charge is -2.10. The van der Waals surface area contributed by atoms with Crippen molar-refractivity contribution in [1.29, 1.82) is 0 Å². The van der Waals surface area contributed by atoms with Gasteiger partial charge in [0.25, 0.3) is 0 Å². The topological polar surface area (TPSA) is 42.4 Å². The summed E-state index contributed by atoms with van der Waals surface area (Å²) in [4.78, 5) is 4.10. The van der Waals surface area contributed by atoms with E-state index in [1.54, 1.807) is 30.5 Å². The Morgan fingerprint density at radius 3 is 2.44 bits per heavy atom. The van der Waals surface area contributed by atoms with Crippen LogP contribution >= 0.6 is 23.2 Å². The fourth-order valence-corrected chi connectivity index (χ4v) is 2.00. The van der Waals surface area contributed by atoms with Crippen molar-refractivity contribution in [2.24, 2.45) is 0 Å². The first-order valence-corrected chi connectivity index (χ1v) is 6.04. The summed E-state index contributed by atoms with van der Waals surface area (Å²) in [5, 5.41) is 10.2. The van der Waals surface area contributed by atoms with Crippen molar-refractivity contribution in [3.05, 3.63) is 51.8 Å². The van der Waals surface area contributed by atoms with Crippen LogP contribution in [0.15, 0.2) is 30.5 Å². The van der Waals surface area contributed by atoms with Gasteiger partial charge in [0.2, 0.25) is 0 Å². The summed E-state index contributed by atoms with van der Waals surface area (Å²) >= 11 is 11.8. The van der Waals surface area contributed by atoms with Crippen LogP contribution in [0.4, 0.5) is 0 Å². The molecule has 0 aliphatic carbocycles. The van der Waals surface area contributed by atoms with Crippen LogP contribution in [-0.4, -0.2) is 10.1 Å². The number of aliphatic hydroxyl groups is 1. The summed E-state index contributed by atoms with van der Waals surface area (Å²) in [5.74, 6) is 1.07. The first-order chi connectivity index (χ1) is 8.58. The number of ether oxygens (including phenoxy) is 1. The highest BCUT2D eigenvalue weighted by atomic mass is 35.5. The number of aliphatic hydroxyl groups excluding tert-OH is 1. The number of rotatable bonds is 3. The maximum Gasteiger partial charge on any atom is 0.136 e. The van der Waals surface area contributed by atoms with Gasteiger partial charge in [0.15, 0.2) is 0 Å². The molecule has 5 heteroatoms. The quantitative estimate of drug-likeness (QED) is 0.926. The van der Waals surface area contributed by atoms with Crippen molar-refractivity contribution in [3.63, 3.8) is 0 Å². The Bertz CT molecular complexity index is 553. The summed E-state index contributed by atoms with van der Waals surface area (Å²) in [5.41, 5.74) is 1.41. The maximum absolute atomic E-state index is 9.22. The molecule has 3 nitrogen and oxygen atoms in total. The first-order valence-electron chi connectivity index (χ1n) is 5.29. The Morgan fingerprint density at radius 1 is 1.17 bits per heavy atom. The molecule has 0 saturated carbocycles. The van der Waals surface area contributed by atoms with Crippen LogP contribution in [0.2, 0.25) is 10.0 Å². The van der Waals surface area contributed by atoms with Gasteiger partial charge >= 0.3 is 0 Å². The van der Waals surface area contributed by atoms with Gasteiger partial charge in [-0.2, -0.15) is 0 Å². The van der Waals surface area contributed by atoms with Crippen molar-refractivity contribution in [3.8, 4) is 11.5 Å². The molecule has 1 aromatic carbocycles. The van der Waals surface area contributed by atoms with Crippen molar-refractivity contribution in [2.75, 3.05) is 0 Å². The number of pyridine rings is 1. The number of halogens is 2. The van der Waals surface area contributed by atoms with Crippen LogP contribution in [0, 0.1) is 6.92 Å². The zero-order chi connectivity index (χ0) is 13.1. The molecule has 18 heavy (non-hydrogen) atoms. The molecule has 0 saturated heterocycles. The monoisotopic (exact) mass is 283 g/mol. The summed E-state index contributed by atoms with van der Waals surface area (Å²) in [6, 6.07) is 6.69. The lowest BCUT2D eigenvalue weighted by molar-refractivity contribution is 0.276. The van der Waals surface area contributed by atoms with Gasteiger partial charge < -0.3 is 9.84 Å². The van der Waals surface area contributed by atoms with Crippen molar-refractivity contribution < 1.29 is 9.84 Å². The Kier molecular flexibility index (Phi) is 4.07. The molecule has 0 bridgehead atoms. The molecule has 1 heterocycles. The molecule has 0 aliphatic rings. The van der Waals surface area contributed by atoms with E-state index in [1.165, 1.54) is 0 Å². The van der Waals surface area contributed by atoms with Crippen LogP contribution < -0.4 is 4.74 Å². The number of aromatic nitrogens is 1. The number of hydrogen-bond donors (Lipinski definition) is 1. The van der Waals surface area contributed by atoms with Crippen molar-refractivity contribution in [2.45, 2.75) is 13.5 Å². The second-order valence-corrected chi connectivity index (χ2v) is 4.67. The Morgan fingerprint density at radius 2 is 1.83 bits per heavy atom. The number of hydrogen-bond acceptors (Lipinski definition) is 3. The fraction of sp³-hybridized carbons (Fsp3) is 0.154. The van der Waals surface area contributed by atoms with Crippen LogP contribution in [-0.2, 0) is 6.61 Å². The Balaban J connectivity index is 2.35. The summed E-state index contributed by atoms with van der Waals surface area (Å²) in [7, 11) is 0. The van der Waals surface area contributed by atoms with Crippen molar-refractivity contribution >= 4 is 23.2 Å². The molecule has 94 valence electrons. The Labute approximate surface area is 115 Å². The minimum Gasteiger partial charge on any atom is -0.457 e. The molecule has 2 rings (SSSR count). The smallest absolute Gasteiger partial charge is 0.136 e. The second kappa shape index (κ2) is 5.57. The fourth-order valence-electron chi connectivity index (χ4n) is 1.49. The molecule has 0 spiro atoms. The van der Waals surface area contributed by atoms with E-state index in [1.807, 2.05) is 6.92 Å². The number of nitrogens with zero attached hydrogens (tertiary/aromatic N) is 1. The highest BCUT2D eigenvalue weighted by molar-refractivity contribution is 6.34. The van der Waals surface area contributed by atoms with Gasteiger partial charge in [-0.05, 0) is 25.1 Å². The Hall–Kier alpha value is -1.29. The van der Waals surface area contributed by atoms with E-state index in [-0.39, 0.29) is 6.61 Å². The van der Waals surface area contributed by atoms with Gasteiger partial charge in [0, 0.05) is 33.6 Å². The highest BCUT2D eigenvalue weighted by Crippen LogP contribution is 2.30. The SMILES string of the molecule is Cc1cc(Oc2cc(Cl)cc(Cl)c2)c(CO)cn1. The molecule has 0 fully saturated rings. The average Bonchev–Trinajstić information content (AvgIpc) is 2.27. The summed E-state index contributed by atoms with van der Waals surface area (Å²) in [6.07, 6.45) is 1.58. The molecule has 0 atom stereocenters. The summed E-state index contributed by atoms with van der Waals surface area (Å²) in [6.45, 7) is 1.70. The van der Waals surface area contributed by atoms with E-state index >= 15 is 0 Å². The standard InChI is InChI=1S/C13H11Cl2NO2/c1-8-2-13(9(7-17)6-16-8)18-12-4-10(14)3-11(15)5-12/h2-6,17H,7H2,1H3. The zero-order valence-corrected chi connectivity index (χ0v) is 11.2. The minimum absolute atomic E-state index is 0.142. The van der Waals surface area contributed by atoms with Crippen LogP contribution in [0.5, 0.6) is 11.5 Å². The first kappa shape index (κ1) is 13.1. The second-order valence-electron chi connectivity index (χ2n) is 3.80. The van der Waals surface area contributed by atoms with Gasteiger partial charge in [-0.1, -0.05) is 23.2 Å². The van der Waals surface area contributed by atoms with Crippen LogP contribution in [0.3, 0.4) is 0 Å². The van der Waals surface area contributed by atoms with Crippen molar-refractivity contribution in [1.82, 2.24) is 4.98 Å². The lowest BCUT2D eigenvalue weighted by Crippen LogP contribution is -1.94. The van der Waals surface area contributed by atoms with Crippen LogP contribution in [0.1, 0.15) is 11.3 Å². The molecular weight excluding hydrogens is 273 g/mol. The summed E-state index contributed by atoms with van der Waals surface area (Å²) < 4.78 is 5.67. The van der Waals surface area contributed by atoms with Gasteiger partial charge in [-0.3, -0.25) is 4.98 Å². The van der Waals surface area contributed by atoms with Gasteiger partial charge in [0.1, 0.15) is 11.5 Å². The van der Waals surface area contributed by atoms with E-state index < -0.39 is 0 Å². The lowest BCUT2D eigenvalue weighted by atomic mass is 10.2. The average molecular weight is 284 g/mol. The van der Waals surface area contributed by atoms with E-state index in [0.717, 1.165) is 5.69 Å². The number of aryl methyl sites for hydroxylation is 1. The largest absolute Gasteiger partial charge is 0.457 e. The minimum atomic E-state index is -0.142. The van der Waals surface area contributed by atoms with Gasteiger partial charge in [-0.25, -0.2) is 0 Å². The normalized spacial score (nSPS) is 10.4. The van der Waals surface area contributed by atoms with E-state index in [4.69, 9.17) is 27.9 Å². The molecule has 0 amide bonds.